The molecule has 0 saturated carbocycles. The largest absolute Gasteiger partial charge is 0.345 e. The molecule has 4 aromatic rings. The van der Waals surface area contributed by atoms with Crippen molar-refractivity contribution in [3.8, 4) is 0 Å². The molecule has 4 rings (SSSR count). The van der Waals surface area contributed by atoms with Crippen LogP contribution in [-0.4, -0.2) is 22.6 Å². The first-order valence-corrected chi connectivity index (χ1v) is 11.5. The number of hydrogen-bond acceptors (Lipinski definition) is 3. The normalized spacial score (nSPS) is 11.9. The van der Waals surface area contributed by atoms with Crippen LogP contribution in [-0.2, 0) is 11.3 Å². The Morgan fingerprint density at radius 3 is 2.34 bits per heavy atom. The van der Waals surface area contributed by atoms with Gasteiger partial charge >= 0.3 is 0 Å². The fourth-order valence-corrected chi connectivity index (χ4v) is 4.15. The number of fused-ring (bicyclic) bond motifs is 1. The van der Waals surface area contributed by atoms with Gasteiger partial charge in [-0.3, -0.25) is 9.59 Å². The first-order valence-electron chi connectivity index (χ1n) is 11.5. The summed E-state index contributed by atoms with van der Waals surface area (Å²) in [5.74, 6) is -0.530. The van der Waals surface area contributed by atoms with Gasteiger partial charge < -0.3 is 9.88 Å². The van der Waals surface area contributed by atoms with Gasteiger partial charge in [-0.25, -0.2) is 5.43 Å². The van der Waals surface area contributed by atoms with E-state index in [1.807, 2.05) is 79.7 Å². The topological polar surface area (TPSA) is 75.5 Å². The summed E-state index contributed by atoms with van der Waals surface area (Å²) in [6, 6.07) is 26.0. The van der Waals surface area contributed by atoms with E-state index in [-0.39, 0.29) is 18.2 Å². The van der Waals surface area contributed by atoms with Crippen LogP contribution < -0.4 is 10.7 Å². The number of nitrogens with one attached hydrogen (secondary N) is 2. The predicted octanol–water partition coefficient (Wildman–Crippen LogP) is 5.15. The van der Waals surface area contributed by atoms with Crippen molar-refractivity contribution in [2.24, 2.45) is 5.10 Å². The third-order valence-corrected chi connectivity index (χ3v) is 5.91. The molecule has 1 heterocycles. The zero-order valence-corrected chi connectivity index (χ0v) is 19.6. The van der Waals surface area contributed by atoms with Crippen LogP contribution in [0.4, 0.5) is 0 Å². The molecule has 0 unspecified atom stereocenters. The Balaban J connectivity index is 1.49. The van der Waals surface area contributed by atoms with Crippen LogP contribution >= 0.6 is 0 Å². The van der Waals surface area contributed by atoms with Crippen molar-refractivity contribution in [1.82, 2.24) is 15.3 Å². The van der Waals surface area contributed by atoms with Crippen molar-refractivity contribution < 1.29 is 9.59 Å². The lowest BCUT2D eigenvalue weighted by molar-refractivity contribution is -0.121. The van der Waals surface area contributed by atoms with Crippen molar-refractivity contribution in [3.63, 3.8) is 0 Å². The summed E-state index contributed by atoms with van der Waals surface area (Å²) in [4.78, 5) is 25.5. The second-order valence-corrected chi connectivity index (χ2v) is 8.22. The number of hydrogen-bond donors (Lipinski definition) is 2. The number of para-hydroxylation sites is 1. The van der Waals surface area contributed by atoms with Crippen LogP contribution in [0.2, 0.25) is 0 Å². The molecule has 0 saturated heterocycles. The van der Waals surface area contributed by atoms with Crippen molar-refractivity contribution in [3.05, 3.63) is 120 Å². The van der Waals surface area contributed by atoms with Crippen LogP contribution in [0, 0.1) is 6.92 Å². The van der Waals surface area contributed by atoms with Gasteiger partial charge in [0.05, 0.1) is 18.7 Å². The van der Waals surface area contributed by atoms with Gasteiger partial charge in [-0.1, -0.05) is 72.8 Å². The lowest BCUT2D eigenvalue weighted by Gasteiger charge is -2.18. The fourth-order valence-electron chi connectivity index (χ4n) is 4.15. The molecule has 6 heteroatoms. The fraction of sp³-hybridized carbons (Fsp3) is 0.138. The molecule has 0 spiro atoms. The zero-order valence-electron chi connectivity index (χ0n) is 19.6. The maximum Gasteiger partial charge on any atom is 0.251 e. The van der Waals surface area contributed by atoms with Gasteiger partial charge in [0.1, 0.15) is 0 Å². The number of amides is 2. The average molecular weight is 465 g/mol. The predicted molar refractivity (Wildman–Crippen MR) is 140 cm³/mol. The number of allylic oxidation sites excluding steroid dienone is 1. The molecule has 0 bridgehead atoms. The molecular formula is C29H28N4O2. The number of carbonyl (C=O) groups excluding carboxylic acids is 2. The summed E-state index contributed by atoms with van der Waals surface area (Å²) in [5, 5.41) is 8.27. The second-order valence-electron chi connectivity index (χ2n) is 8.22. The van der Waals surface area contributed by atoms with Crippen molar-refractivity contribution >= 4 is 28.9 Å². The van der Waals surface area contributed by atoms with Gasteiger partial charge in [0.25, 0.3) is 5.91 Å². The molecule has 3 aromatic carbocycles. The van der Waals surface area contributed by atoms with Crippen LogP contribution in [0.5, 0.6) is 0 Å². The highest BCUT2D eigenvalue weighted by molar-refractivity contribution is 6.01. The number of carbonyl (C=O) groups is 2. The van der Waals surface area contributed by atoms with E-state index in [1.165, 1.54) is 0 Å². The van der Waals surface area contributed by atoms with E-state index in [9.17, 15) is 9.59 Å². The van der Waals surface area contributed by atoms with E-state index >= 15 is 0 Å². The summed E-state index contributed by atoms with van der Waals surface area (Å²) >= 11 is 0. The smallest absolute Gasteiger partial charge is 0.251 e. The Hall–Kier alpha value is -4.45. The minimum Gasteiger partial charge on any atom is -0.345 e. The lowest BCUT2D eigenvalue weighted by atomic mass is 10.0. The third kappa shape index (κ3) is 5.55. The van der Waals surface area contributed by atoms with Crippen LogP contribution in [0.15, 0.2) is 103 Å². The first-order chi connectivity index (χ1) is 17.1. The maximum absolute atomic E-state index is 12.8. The molecule has 1 atom stereocenters. The summed E-state index contributed by atoms with van der Waals surface area (Å²) < 4.78 is 2.16. The Kier molecular flexibility index (Phi) is 7.53. The molecule has 35 heavy (non-hydrogen) atoms. The van der Waals surface area contributed by atoms with Crippen molar-refractivity contribution in [2.45, 2.75) is 25.9 Å². The molecule has 0 fully saturated rings. The van der Waals surface area contributed by atoms with Gasteiger partial charge in [-0.05, 0) is 30.7 Å². The van der Waals surface area contributed by atoms with E-state index in [0.29, 0.717) is 12.1 Å². The lowest BCUT2D eigenvalue weighted by Crippen LogP contribution is -2.32. The number of benzene rings is 3. The number of aromatic nitrogens is 1. The number of rotatable bonds is 9. The molecule has 2 amide bonds. The minimum atomic E-state index is -0.490. The molecule has 6 nitrogen and oxygen atoms in total. The van der Waals surface area contributed by atoms with Crippen LogP contribution in [0.25, 0.3) is 10.9 Å². The van der Waals surface area contributed by atoms with Crippen LogP contribution in [0.1, 0.15) is 39.6 Å². The van der Waals surface area contributed by atoms with Gasteiger partial charge in [0.2, 0.25) is 5.91 Å². The monoisotopic (exact) mass is 464 g/mol. The van der Waals surface area contributed by atoms with Gasteiger partial charge in [-0.15, -0.1) is 6.58 Å². The first kappa shape index (κ1) is 23.7. The number of hydrazone groups is 1. The molecule has 0 radical (unpaired) electrons. The summed E-state index contributed by atoms with van der Waals surface area (Å²) in [6.07, 6.45) is 3.59. The number of nitrogens with zero attached hydrogens (tertiary/aromatic N) is 2. The molecule has 0 aliphatic carbocycles. The standard InChI is InChI=1S/C29H28N4O2/c1-3-18-33-21(2)25(24-16-10-11-17-27(24)33)20-30-32-28(34)19-26(22-12-6-4-7-13-22)31-29(35)23-14-8-5-9-15-23/h3-17,20,26H,1,18-19H2,2H3,(H,31,35)(H,32,34)/b30-20-/t26-/m0/s1. The quantitative estimate of drug-likeness (QED) is 0.204. The average Bonchev–Trinajstić information content (AvgIpc) is 3.15. The summed E-state index contributed by atoms with van der Waals surface area (Å²) in [6.45, 7) is 6.56. The molecule has 2 N–H and O–H groups in total. The molecular weight excluding hydrogens is 436 g/mol. The van der Waals surface area contributed by atoms with Gasteiger partial charge in [0, 0.05) is 34.3 Å². The molecule has 0 aliphatic rings. The van der Waals surface area contributed by atoms with Crippen LogP contribution in [0.3, 0.4) is 0 Å². The highest BCUT2D eigenvalue weighted by Gasteiger charge is 2.19. The molecule has 1 aromatic heterocycles. The van der Waals surface area contributed by atoms with Gasteiger partial charge in [-0.2, -0.15) is 5.10 Å². The Labute approximate surface area is 205 Å². The molecule has 176 valence electrons. The van der Waals surface area contributed by atoms with E-state index in [0.717, 1.165) is 27.7 Å². The van der Waals surface area contributed by atoms with E-state index < -0.39 is 6.04 Å². The zero-order chi connectivity index (χ0) is 24.6. The molecule has 0 aliphatic heterocycles. The Morgan fingerprint density at radius 2 is 1.63 bits per heavy atom. The summed E-state index contributed by atoms with van der Waals surface area (Å²) in [7, 11) is 0. The SMILES string of the molecule is C=CCn1c(C)c(/C=N\NC(=O)C[C@H](NC(=O)c2ccccc2)c2ccccc2)c2ccccc21. The van der Waals surface area contributed by atoms with E-state index in [1.54, 1.807) is 18.3 Å². The summed E-state index contributed by atoms with van der Waals surface area (Å²) in [5.41, 5.74) is 7.09. The Bertz CT molecular complexity index is 1360. The van der Waals surface area contributed by atoms with E-state index in [2.05, 4.69) is 33.1 Å². The van der Waals surface area contributed by atoms with Crippen molar-refractivity contribution in [2.75, 3.05) is 0 Å². The maximum atomic E-state index is 12.8. The highest BCUT2D eigenvalue weighted by atomic mass is 16.2. The second kappa shape index (κ2) is 11.1. The van der Waals surface area contributed by atoms with Crippen molar-refractivity contribution in [1.29, 1.82) is 0 Å². The Morgan fingerprint density at radius 1 is 0.971 bits per heavy atom. The third-order valence-electron chi connectivity index (χ3n) is 5.91. The van der Waals surface area contributed by atoms with E-state index in [4.69, 9.17) is 0 Å². The minimum absolute atomic E-state index is 0.0527. The highest BCUT2D eigenvalue weighted by Crippen LogP contribution is 2.24. The van der Waals surface area contributed by atoms with Gasteiger partial charge in [0.15, 0.2) is 0 Å².